The zero-order valence-electron chi connectivity index (χ0n) is 21.6. The van der Waals surface area contributed by atoms with Gasteiger partial charge in [0, 0.05) is 35.8 Å². The Morgan fingerprint density at radius 2 is 1.75 bits per heavy atom. The standard InChI is InChI=1S/C26H26F3N5O6/c1-11-6-15(30-12(2)23(35)31-13(3)25(37)38)9-33(11)22-20(29)10-34-21(32-22)17(8-18(24(34)36)26(39)40)16-5-4-14(27)7-19(16)28/h4-5,7-8,10-13,15,30H,6,9H2,1-3H3,(H,31,35)(H,37,38)(H,39,40)/t11-,12?,13?,15-/m0/s1. The normalized spacial score (nSPS) is 18.5. The lowest BCUT2D eigenvalue weighted by molar-refractivity contribution is -0.141. The number of hydrogen-bond acceptors (Lipinski definition) is 7. The fourth-order valence-electron chi connectivity index (χ4n) is 4.72. The first-order valence-electron chi connectivity index (χ1n) is 12.3. The number of rotatable bonds is 8. The van der Waals surface area contributed by atoms with Crippen LogP contribution in [-0.4, -0.2) is 68.2 Å². The van der Waals surface area contributed by atoms with Crippen LogP contribution in [-0.2, 0) is 9.59 Å². The zero-order valence-corrected chi connectivity index (χ0v) is 21.6. The number of fused-ring (bicyclic) bond motifs is 1. The van der Waals surface area contributed by atoms with Gasteiger partial charge in [0.25, 0.3) is 5.56 Å². The molecule has 0 bridgehead atoms. The number of carbonyl (C=O) groups is 3. The summed E-state index contributed by atoms with van der Waals surface area (Å²) in [6, 6.07) is 1.03. The fourth-order valence-corrected chi connectivity index (χ4v) is 4.72. The molecule has 1 aliphatic rings. The number of carbonyl (C=O) groups excluding carboxylic acids is 1. The number of anilines is 1. The molecule has 1 amide bonds. The number of carboxylic acids is 2. The van der Waals surface area contributed by atoms with Gasteiger partial charge in [-0.2, -0.15) is 0 Å². The summed E-state index contributed by atoms with van der Waals surface area (Å²) in [5, 5.41) is 24.0. The second-order valence-electron chi connectivity index (χ2n) is 9.70. The number of pyridine rings is 1. The highest BCUT2D eigenvalue weighted by atomic mass is 19.1. The SMILES string of the molecule is CC(NC(=O)C(C)N[C@H]1C[C@H](C)N(c2nc3c(-c4ccc(F)cc4F)cc(C(=O)O)c(=O)n3cc2F)C1)C(=O)O. The molecule has 2 aromatic heterocycles. The van der Waals surface area contributed by atoms with Crippen LogP contribution in [0.1, 0.15) is 37.6 Å². The third-order valence-electron chi connectivity index (χ3n) is 6.78. The largest absolute Gasteiger partial charge is 0.480 e. The quantitative estimate of drug-likeness (QED) is 0.324. The molecule has 14 heteroatoms. The van der Waals surface area contributed by atoms with Gasteiger partial charge in [-0.25, -0.2) is 22.9 Å². The van der Waals surface area contributed by atoms with E-state index in [4.69, 9.17) is 5.11 Å². The summed E-state index contributed by atoms with van der Waals surface area (Å²) in [5.41, 5.74) is -2.48. The number of nitrogens with zero attached hydrogens (tertiary/aromatic N) is 3. The Bertz CT molecular complexity index is 1580. The maximum Gasteiger partial charge on any atom is 0.341 e. The molecule has 3 heterocycles. The van der Waals surface area contributed by atoms with Crippen molar-refractivity contribution >= 4 is 29.3 Å². The summed E-state index contributed by atoms with van der Waals surface area (Å²) < 4.78 is 44.4. The van der Waals surface area contributed by atoms with Crippen LogP contribution in [0.15, 0.2) is 35.3 Å². The van der Waals surface area contributed by atoms with Crippen molar-refractivity contribution in [2.24, 2.45) is 0 Å². The Balaban J connectivity index is 1.72. The van der Waals surface area contributed by atoms with Gasteiger partial charge in [-0.05, 0) is 45.4 Å². The van der Waals surface area contributed by atoms with Crippen LogP contribution >= 0.6 is 0 Å². The third kappa shape index (κ3) is 5.47. The highest BCUT2D eigenvalue weighted by Crippen LogP contribution is 2.31. The molecule has 0 radical (unpaired) electrons. The van der Waals surface area contributed by atoms with E-state index < -0.39 is 58.5 Å². The number of aliphatic carboxylic acids is 1. The van der Waals surface area contributed by atoms with Crippen LogP contribution < -0.4 is 21.1 Å². The average molecular weight is 562 g/mol. The van der Waals surface area contributed by atoms with E-state index >= 15 is 4.39 Å². The van der Waals surface area contributed by atoms with Crippen molar-refractivity contribution < 1.29 is 37.8 Å². The number of nitrogens with one attached hydrogen (secondary N) is 2. The van der Waals surface area contributed by atoms with Gasteiger partial charge in [-0.1, -0.05) is 0 Å². The minimum Gasteiger partial charge on any atom is -0.480 e. The lowest BCUT2D eigenvalue weighted by Crippen LogP contribution is -2.51. The number of halogens is 3. The van der Waals surface area contributed by atoms with Gasteiger partial charge in [0.05, 0.1) is 12.2 Å². The molecule has 0 saturated carbocycles. The Hall–Kier alpha value is -4.46. The van der Waals surface area contributed by atoms with E-state index in [0.29, 0.717) is 16.9 Å². The smallest absolute Gasteiger partial charge is 0.341 e. The number of benzene rings is 1. The van der Waals surface area contributed by atoms with Crippen molar-refractivity contribution in [1.29, 1.82) is 0 Å². The van der Waals surface area contributed by atoms with Crippen molar-refractivity contribution in [2.45, 2.75) is 51.4 Å². The molecule has 212 valence electrons. The van der Waals surface area contributed by atoms with Gasteiger partial charge < -0.3 is 25.7 Å². The lowest BCUT2D eigenvalue weighted by atomic mass is 10.0. The monoisotopic (exact) mass is 561 g/mol. The van der Waals surface area contributed by atoms with Gasteiger partial charge >= 0.3 is 11.9 Å². The minimum atomic E-state index is -1.62. The van der Waals surface area contributed by atoms with Crippen LogP contribution in [0.2, 0.25) is 0 Å². The maximum absolute atomic E-state index is 15.4. The first-order chi connectivity index (χ1) is 18.8. The van der Waals surface area contributed by atoms with E-state index in [1.807, 2.05) is 0 Å². The molecule has 0 spiro atoms. The highest BCUT2D eigenvalue weighted by Gasteiger charge is 2.34. The van der Waals surface area contributed by atoms with Gasteiger partial charge in [0.2, 0.25) is 5.91 Å². The topological polar surface area (TPSA) is 153 Å². The number of carboxylic acid groups (broad SMARTS) is 2. The Kier molecular flexibility index (Phi) is 7.82. The molecule has 40 heavy (non-hydrogen) atoms. The second-order valence-corrected chi connectivity index (χ2v) is 9.70. The summed E-state index contributed by atoms with van der Waals surface area (Å²) in [6.45, 7) is 4.84. The molecule has 4 rings (SSSR count). The second kappa shape index (κ2) is 11.0. The molecule has 3 aromatic rings. The van der Waals surface area contributed by atoms with E-state index in [1.54, 1.807) is 18.7 Å². The molecule has 4 N–H and O–H groups in total. The number of aromatic carboxylic acids is 1. The van der Waals surface area contributed by atoms with Crippen LogP contribution in [0.25, 0.3) is 16.8 Å². The average Bonchev–Trinajstić information content (AvgIpc) is 3.23. The molecular formula is C26H26F3N5O6. The predicted molar refractivity (Wildman–Crippen MR) is 137 cm³/mol. The molecular weight excluding hydrogens is 535 g/mol. The Labute approximate surface area is 225 Å². The van der Waals surface area contributed by atoms with E-state index in [1.165, 1.54) is 6.92 Å². The molecule has 4 atom stereocenters. The van der Waals surface area contributed by atoms with Crippen molar-refractivity contribution in [3.63, 3.8) is 0 Å². The highest BCUT2D eigenvalue weighted by molar-refractivity contribution is 5.92. The van der Waals surface area contributed by atoms with Gasteiger partial charge in [0.15, 0.2) is 11.6 Å². The van der Waals surface area contributed by atoms with Gasteiger partial charge in [-0.3, -0.25) is 18.8 Å². The van der Waals surface area contributed by atoms with Crippen LogP contribution in [0.4, 0.5) is 19.0 Å². The lowest BCUT2D eigenvalue weighted by Gasteiger charge is -2.24. The van der Waals surface area contributed by atoms with E-state index in [0.717, 1.165) is 24.4 Å². The summed E-state index contributed by atoms with van der Waals surface area (Å²) >= 11 is 0. The fraction of sp³-hybridized carbons (Fsp3) is 0.346. The van der Waals surface area contributed by atoms with Crippen molar-refractivity contribution in [1.82, 2.24) is 20.0 Å². The molecule has 1 aliphatic heterocycles. The molecule has 1 fully saturated rings. The summed E-state index contributed by atoms with van der Waals surface area (Å²) in [4.78, 5) is 53.8. The summed E-state index contributed by atoms with van der Waals surface area (Å²) in [7, 11) is 0. The zero-order chi connectivity index (χ0) is 29.5. The molecule has 2 unspecified atom stereocenters. The summed E-state index contributed by atoms with van der Waals surface area (Å²) in [6.07, 6.45) is 1.22. The van der Waals surface area contributed by atoms with E-state index in [9.17, 15) is 33.1 Å². The Morgan fingerprint density at radius 1 is 1.05 bits per heavy atom. The molecule has 0 aliphatic carbocycles. The molecule has 1 saturated heterocycles. The minimum absolute atomic E-state index is 0.157. The van der Waals surface area contributed by atoms with Crippen LogP contribution in [0, 0.1) is 17.5 Å². The molecule has 11 nitrogen and oxygen atoms in total. The number of aromatic nitrogens is 2. The van der Waals surface area contributed by atoms with Crippen molar-refractivity contribution in [3.8, 4) is 11.1 Å². The first-order valence-corrected chi connectivity index (χ1v) is 12.3. The van der Waals surface area contributed by atoms with Gasteiger partial charge in [0.1, 0.15) is 28.9 Å². The van der Waals surface area contributed by atoms with Crippen molar-refractivity contribution in [2.75, 3.05) is 11.4 Å². The van der Waals surface area contributed by atoms with E-state index in [2.05, 4.69) is 15.6 Å². The van der Waals surface area contributed by atoms with Gasteiger partial charge in [-0.15, -0.1) is 0 Å². The van der Waals surface area contributed by atoms with Crippen LogP contribution in [0.3, 0.4) is 0 Å². The first kappa shape index (κ1) is 28.5. The van der Waals surface area contributed by atoms with Crippen molar-refractivity contribution in [3.05, 3.63) is 63.8 Å². The summed E-state index contributed by atoms with van der Waals surface area (Å²) in [5.74, 6) is -6.39. The Morgan fingerprint density at radius 3 is 2.38 bits per heavy atom. The third-order valence-corrected chi connectivity index (χ3v) is 6.78. The van der Waals surface area contributed by atoms with Crippen LogP contribution in [0.5, 0.6) is 0 Å². The maximum atomic E-state index is 15.4. The van der Waals surface area contributed by atoms with E-state index in [-0.39, 0.29) is 41.2 Å². The predicted octanol–water partition coefficient (Wildman–Crippen LogP) is 2.01. The number of hydrogen-bond donors (Lipinski definition) is 4. The molecule has 1 aromatic carbocycles. The number of amides is 1.